The smallest absolute Gasteiger partial charge is 0.330 e. The number of carboxylic acids is 1. The Balaban J connectivity index is 1.25. The number of methoxy groups -OCH3 is 1. The van der Waals surface area contributed by atoms with E-state index in [-0.39, 0.29) is 36.6 Å². The number of ether oxygens (including phenoxy) is 1. The van der Waals surface area contributed by atoms with E-state index in [1.165, 1.54) is 27.1 Å². The van der Waals surface area contributed by atoms with Gasteiger partial charge < -0.3 is 30.5 Å². The molecule has 2 aromatic carbocycles. The number of allylic oxidation sites excluding steroid dienone is 1. The molecule has 15 heteroatoms. The van der Waals surface area contributed by atoms with Crippen LogP contribution in [0.25, 0.3) is 22.0 Å². The molecule has 0 unspecified atom stereocenters. The molecule has 2 aliphatic heterocycles. The Hall–Kier alpha value is -5.57. The fourth-order valence-corrected chi connectivity index (χ4v) is 7.89. The number of hydrogen-bond donors (Lipinski definition) is 4. The minimum absolute atomic E-state index is 0.0336. The number of rotatable bonds is 7. The number of hydrogen-bond acceptors (Lipinski definition) is 10. The van der Waals surface area contributed by atoms with Crippen LogP contribution in [0, 0.1) is 12.8 Å². The molecular weight excluding hydrogens is 699 g/mol. The maximum atomic E-state index is 14.6. The summed E-state index contributed by atoms with van der Waals surface area (Å²) in [6.45, 7) is 1.66. The number of thiazole rings is 1. The number of nitrogens with zero attached hydrogens (tertiary/aromatic N) is 5. The van der Waals surface area contributed by atoms with E-state index in [0.717, 1.165) is 24.8 Å². The molecule has 0 bridgehead atoms. The van der Waals surface area contributed by atoms with Crippen LogP contribution >= 0.6 is 11.3 Å². The van der Waals surface area contributed by atoms with E-state index in [9.17, 15) is 29.4 Å². The van der Waals surface area contributed by atoms with E-state index >= 15 is 0 Å². The number of carbonyl (C=O) groups excluding carboxylic acids is 3. The number of benzene rings is 2. The number of carbonyl (C=O) groups is 4. The average molecular weight is 740 g/mol. The Kier molecular flexibility index (Phi) is 10.0. The quantitative estimate of drug-likeness (QED) is 0.196. The lowest BCUT2D eigenvalue weighted by Crippen LogP contribution is -2.56. The summed E-state index contributed by atoms with van der Waals surface area (Å²) in [6.07, 6.45) is 9.11. The third-order valence-corrected chi connectivity index (χ3v) is 11.2. The second kappa shape index (κ2) is 14.8. The molecule has 5 atom stereocenters. The lowest BCUT2D eigenvalue weighted by Gasteiger charge is -2.29. The third-order valence-electron chi connectivity index (χ3n) is 10.4. The number of carboxylic acid groups (broad SMARTS) is 1. The van der Waals surface area contributed by atoms with E-state index in [1.807, 2.05) is 41.8 Å². The first-order valence-electron chi connectivity index (χ1n) is 17.7. The molecule has 1 aliphatic carbocycles. The van der Waals surface area contributed by atoms with E-state index in [0.29, 0.717) is 40.6 Å². The molecule has 4 heterocycles. The van der Waals surface area contributed by atoms with Crippen molar-refractivity contribution in [3.05, 3.63) is 77.3 Å². The topological polar surface area (TPSA) is 189 Å². The number of phenolic OH excluding ortho intramolecular Hbond substituents is 1. The van der Waals surface area contributed by atoms with Gasteiger partial charge in [-0.1, -0.05) is 31.1 Å². The second-order valence-electron chi connectivity index (χ2n) is 13.8. The highest BCUT2D eigenvalue weighted by Gasteiger charge is 2.61. The number of aliphatic carboxylic acids is 1. The molecule has 0 spiro atoms. The van der Waals surface area contributed by atoms with E-state index in [4.69, 9.17) is 14.9 Å². The van der Waals surface area contributed by atoms with Gasteiger partial charge in [0, 0.05) is 47.2 Å². The zero-order chi connectivity index (χ0) is 37.3. The van der Waals surface area contributed by atoms with Crippen LogP contribution in [0.2, 0.25) is 0 Å². The standard InChI is InChI=1S/C38H41N7O7S/c1-22-27(10-8-12-30(22)46)33(47)40-28-11-7-5-3-4-6-9-24-20-38(24,37(50)51)41-34(48)29-19-25(21-44(29)36(28)49)45-42-31(23-13-15-26(52-2)16-14-23)32(43-45)35-39-17-18-53-35/h6,8-10,12-18,24-25,28-29,46H,3-5,7,11,19-21H2,1-2H3,(H,40,47)(H,41,48)(H,50,51)/t24-,25-,28+,29+,38-/m1/s1. The lowest BCUT2D eigenvalue weighted by molar-refractivity contribution is -0.145. The van der Waals surface area contributed by atoms with Crippen LogP contribution in [-0.4, -0.2) is 90.1 Å². The summed E-state index contributed by atoms with van der Waals surface area (Å²) < 4.78 is 5.34. The average Bonchev–Trinajstić information content (AvgIpc) is 3.61. The van der Waals surface area contributed by atoms with Crippen LogP contribution < -0.4 is 15.4 Å². The molecule has 2 fully saturated rings. The minimum Gasteiger partial charge on any atom is -0.508 e. The number of aromatic hydroxyl groups is 1. The maximum Gasteiger partial charge on any atom is 0.330 e. The Morgan fingerprint density at radius 2 is 1.87 bits per heavy atom. The third kappa shape index (κ3) is 7.12. The van der Waals surface area contributed by atoms with Crippen LogP contribution in [0.3, 0.4) is 0 Å². The van der Waals surface area contributed by atoms with Crippen LogP contribution in [0.1, 0.15) is 66.9 Å². The fourth-order valence-electron chi connectivity index (χ4n) is 7.26. The van der Waals surface area contributed by atoms with Crippen molar-refractivity contribution in [2.24, 2.45) is 5.92 Å². The molecule has 2 aromatic heterocycles. The molecule has 4 N–H and O–H groups in total. The first-order valence-corrected chi connectivity index (χ1v) is 18.6. The normalized spacial score (nSPS) is 24.7. The molecule has 1 saturated carbocycles. The summed E-state index contributed by atoms with van der Waals surface area (Å²) in [7, 11) is 1.59. The Labute approximate surface area is 309 Å². The van der Waals surface area contributed by atoms with Gasteiger partial charge in [-0.3, -0.25) is 14.4 Å². The molecule has 276 valence electrons. The molecule has 14 nitrogen and oxygen atoms in total. The van der Waals surface area contributed by atoms with Gasteiger partial charge in [-0.05, 0) is 69.0 Å². The number of amides is 3. The van der Waals surface area contributed by atoms with Crippen molar-refractivity contribution in [2.45, 2.75) is 75.5 Å². The summed E-state index contributed by atoms with van der Waals surface area (Å²) in [4.78, 5) is 62.4. The van der Waals surface area contributed by atoms with Crippen molar-refractivity contribution in [2.75, 3.05) is 13.7 Å². The first kappa shape index (κ1) is 35.8. The molecule has 7 rings (SSSR count). The van der Waals surface area contributed by atoms with Crippen LogP contribution in [0.4, 0.5) is 0 Å². The van der Waals surface area contributed by atoms with Gasteiger partial charge in [-0.2, -0.15) is 9.90 Å². The van der Waals surface area contributed by atoms with Gasteiger partial charge in [0.15, 0.2) is 0 Å². The van der Waals surface area contributed by atoms with E-state index in [2.05, 4.69) is 15.6 Å². The Bertz CT molecular complexity index is 2050. The maximum absolute atomic E-state index is 14.6. The van der Waals surface area contributed by atoms with Crippen molar-refractivity contribution >= 4 is 35.0 Å². The molecule has 3 aliphatic rings. The van der Waals surface area contributed by atoms with Crippen molar-refractivity contribution in [1.82, 2.24) is 35.5 Å². The molecule has 4 aromatic rings. The predicted molar refractivity (Wildman–Crippen MR) is 195 cm³/mol. The SMILES string of the molecule is COc1ccc(-c2nn([C@@H]3C[C@H]4C(=O)N[C@]5(C(=O)O)C[C@H]5C=CCCCCC[C@H](NC(=O)c5cccc(O)c5C)C(=O)N4C3)nc2-c2nccs2)cc1. The molecule has 0 radical (unpaired) electrons. The summed E-state index contributed by atoms with van der Waals surface area (Å²) in [5.74, 6) is -2.44. The van der Waals surface area contributed by atoms with Gasteiger partial charge in [0.25, 0.3) is 5.91 Å². The second-order valence-corrected chi connectivity index (χ2v) is 14.7. The fraction of sp³-hybridized carbons (Fsp3) is 0.395. The van der Waals surface area contributed by atoms with Crippen molar-refractivity contribution in [1.29, 1.82) is 0 Å². The van der Waals surface area contributed by atoms with Gasteiger partial charge in [-0.25, -0.2) is 9.78 Å². The molecule has 1 saturated heterocycles. The Morgan fingerprint density at radius 1 is 1.08 bits per heavy atom. The van der Waals surface area contributed by atoms with Gasteiger partial charge in [-0.15, -0.1) is 16.4 Å². The number of aromatic nitrogens is 4. The van der Waals surface area contributed by atoms with Gasteiger partial charge >= 0.3 is 5.97 Å². The number of phenols is 1. The zero-order valence-electron chi connectivity index (χ0n) is 29.4. The summed E-state index contributed by atoms with van der Waals surface area (Å²) in [5.41, 5.74) is 1.01. The predicted octanol–water partition coefficient (Wildman–Crippen LogP) is 4.51. The summed E-state index contributed by atoms with van der Waals surface area (Å²) in [5, 5.41) is 38.5. The van der Waals surface area contributed by atoms with Gasteiger partial charge in [0.2, 0.25) is 11.8 Å². The molecule has 3 amide bonds. The molecular formula is C38H41N7O7S. The minimum atomic E-state index is -1.47. The Morgan fingerprint density at radius 3 is 2.60 bits per heavy atom. The van der Waals surface area contributed by atoms with Gasteiger partial charge in [0.1, 0.15) is 45.5 Å². The van der Waals surface area contributed by atoms with Crippen LogP contribution in [0.5, 0.6) is 11.5 Å². The highest BCUT2D eigenvalue weighted by molar-refractivity contribution is 7.13. The largest absolute Gasteiger partial charge is 0.508 e. The van der Waals surface area contributed by atoms with E-state index in [1.54, 1.807) is 32.4 Å². The zero-order valence-corrected chi connectivity index (χ0v) is 30.2. The highest BCUT2D eigenvalue weighted by Crippen LogP contribution is 2.46. The van der Waals surface area contributed by atoms with Crippen molar-refractivity contribution in [3.63, 3.8) is 0 Å². The van der Waals surface area contributed by atoms with Crippen molar-refractivity contribution in [3.8, 4) is 33.5 Å². The van der Waals surface area contributed by atoms with Crippen molar-refractivity contribution < 1.29 is 34.1 Å². The monoisotopic (exact) mass is 739 g/mol. The molecule has 53 heavy (non-hydrogen) atoms. The van der Waals surface area contributed by atoms with Gasteiger partial charge in [0.05, 0.1) is 13.2 Å². The number of nitrogens with one attached hydrogen (secondary N) is 2. The summed E-state index contributed by atoms with van der Waals surface area (Å²) in [6, 6.07) is 9.38. The summed E-state index contributed by atoms with van der Waals surface area (Å²) >= 11 is 1.40. The van der Waals surface area contributed by atoms with Crippen LogP contribution in [-0.2, 0) is 14.4 Å². The van der Waals surface area contributed by atoms with E-state index < -0.39 is 47.4 Å². The lowest BCUT2D eigenvalue weighted by atomic mass is 10.0. The highest BCUT2D eigenvalue weighted by atomic mass is 32.1. The number of fused-ring (bicyclic) bond motifs is 2. The first-order chi connectivity index (χ1) is 25.6. The van der Waals surface area contributed by atoms with Crippen LogP contribution in [0.15, 0.2) is 66.2 Å².